The Morgan fingerprint density at radius 2 is 2.04 bits per heavy atom. The number of hydrogen-bond acceptors (Lipinski definition) is 4. The van der Waals surface area contributed by atoms with Gasteiger partial charge in [-0.2, -0.15) is 0 Å². The summed E-state index contributed by atoms with van der Waals surface area (Å²) < 4.78 is 5.85. The second kappa shape index (κ2) is 10.6. The van der Waals surface area contributed by atoms with Crippen molar-refractivity contribution in [2.45, 2.75) is 84.3 Å². The Morgan fingerprint density at radius 3 is 2.74 bits per heavy atom. The molecule has 0 bridgehead atoms. The molecule has 1 amide bonds. The fourth-order valence-corrected chi connectivity index (χ4v) is 4.15. The van der Waals surface area contributed by atoms with Crippen LogP contribution in [0.3, 0.4) is 0 Å². The monoisotopic (exact) mass is 376 g/mol. The Labute approximate surface area is 164 Å². The van der Waals surface area contributed by atoms with Gasteiger partial charge in [-0.1, -0.05) is 19.6 Å². The number of amides is 1. The van der Waals surface area contributed by atoms with E-state index in [1.807, 2.05) is 6.92 Å². The first-order chi connectivity index (χ1) is 12.9. The first kappa shape index (κ1) is 21.7. The van der Waals surface area contributed by atoms with Gasteiger partial charge >= 0.3 is 0 Å². The number of allylic oxidation sites excluding steroid dienone is 3. The second-order valence-electron chi connectivity index (χ2n) is 7.96. The fourth-order valence-electron chi connectivity index (χ4n) is 4.15. The molecule has 0 aromatic rings. The second-order valence-corrected chi connectivity index (χ2v) is 7.96. The molecule has 152 valence electrons. The van der Waals surface area contributed by atoms with E-state index in [4.69, 9.17) is 4.74 Å². The molecule has 0 spiro atoms. The average Bonchev–Trinajstić information content (AvgIpc) is 2.91. The Balaban J connectivity index is 1.59. The summed E-state index contributed by atoms with van der Waals surface area (Å²) >= 11 is 0. The summed E-state index contributed by atoms with van der Waals surface area (Å²) in [6.07, 6.45) is 8.86. The minimum atomic E-state index is -0.0502. The predicted octanol–water partition coefficient (Wildman–Crippen LogP) is 3.95. The van der Waals surface area contributed by atoms with Crippen molar-refractivity contribution in [2.75, 3.05) is 13.1 Å². The number of rotatable bonds is 9. The van der Waals surface area contributed by atoms with Crippen LogP contribution in [0.4, 0.5) is 0 Å². The van der Waals surface area contributed by atoms with Crippen molar-refractivity contribution in [3.63, 3.8) is 0 Å². The maximum atomic E-state index is 12.1. The van der Waals surface area contributed by atoms with Crippen LogP contribution < -0.4 is 5.32 Å². The van der Waals surface area contributed by atoms with Crippen molar-refractivity contribution in [2.24, 2.45) is 5.92 Å². The predicted molar refractivity (Wildman–Crippen MR) is 108 cm³/mol. The zero-order valence-corrected chi connectivity index (χ0v) is 17.3. The van der Waals surface area contributed by atoms with Crippen molar-refractivity contribution in [3.8, 4) is 0 Å². The van der Waals surface area contributed by atoms with Crippen molar-refractivity contribution in [1.29, 1.82) is 0 Å². The fraction of sp³-hybridized carbons (Fsp3) is 0.727. The van der Waals surface area contributed by atoms with E-state index in [2.05, 4.69) is 36.7 Å². The maximum Gasteiger partial charge on any atom is 0.220 e. The van der Waals surface area contributed by atoms with E-state index in [-0.39, 0.29) is 24.2 Å². The van der Waals surface area contributed by atoms with E-state index in [1.54, 1.807) is 0 Å². The highest BCUT2D eigenvalue weighted by Gasteiger charge is 2.26. The molecule has 2 aliphatic rings. The smallest absolute Gasteiger partial charge is 0.220 e. The van der Waals surface area contributed by atoms with Crippen LogP contribution in [0.15, 0.2) is 24.0 Å². The zero-order valence-electron chi connectivity index (χ0n) is 17.3. The van der Waals surface area contributed by atoms with Crippen LogP contribution in [0, 0.1) is 5.92 Å². The number of nitrogens with one attached hydrogen (secondary N) is 1. The van der Waals surface area contributed by atoms with E-state index < -0.39 is 0 Å². The van der Waals surface area contributed by atoms with Gasteiger partial charge in [0.25, 0.3) is 0 Å². The van der Waals surface area contributed by atoms with E-state index in [0.29, 0.717) is 31.4 Å². The molecule has 0 radical (unpaired) electrons. The van der Waals surface area contributed by atoms with E-state index in [1.165, 1.54) is 12.1 Å². The summed E-state index contributed by atoms with van der Waals surface area (Å²) in [5.41, 5.74) is 2.39. The van der Waals surface area contributed by atoms with Gasteiger partial charge in [0.1, 0.15) is 5.78 Å². The molecule has 0 aromatic heterocycles. The number of hydrogen-bond donors (Lipinski definition) is 1. The number of carbonyl (C=O) groups excluding carboxylic acids is 2. The molecular formula is C22H36N2O3. The summed E-state index contributed by atoms with van der Waals surface area (Å²) in [4.78, 5) is 26.3. The third kappa shape index (κ3) is 6.80. The number of nitrogens with zero attached hydrogens (tertiary/aromatic N) is 1. The summed E-state index contributed by atoms with van der Waals surface area (Å²) in [7, 11) is 0. The highest BCUT2D eigenvalue weighted by Crippen LogP contribution is 2.33. The minimum Gasteiger partial charge on any atom is -0.375 e. The number of likely N-dealkylation sites (tertiary alicyclic amines) is 1. The lowest BCUT2D eigenvalue weighted by molar-refractivity contribution is -0.126. The van der Waals surface area contributed by atoms with Gasteiger partial charge < -0.3 is 15.0 Å². The van der Waals surface area contributed by atoms with Gasteiger partial charge in [0.05, 0.1) is 12.2 Å². The number of Topliss-reactive ketones (excluding diaryl/α,β-unsaturated/α-hetero) is 1. The normalized spacial score (nSPS) is 27.2. The number of carbonyl (C=O) groups is 2. The lowest BCUT2D eigenvalue weighted by atomic mass is 9.99. The van der Waals surface area contributed by atoms with E-state index in [9.17, 15) is 9.59 Å². The van der Waals surface area contributed by atoms with E-state index in [0.717, 1.165) is 37.9 Å². The Bertz CT molecular complexity index is 570. The highest BCUT2D eigenvalue weighted by molar-refractivity contribution is 5.84. The topological polar surface area (TPSA) is 58.6 Å². The molecule has 5 heteroatoms. The molecule has 0 aliphatic carbocycles. The molecule has 5 nitrogen and oxygen atoms in total. The van der Waals surface area contributed by atoms with Crippen molar-refractivity contribution in [3.05, 3.63) is 24.0 Å². The van der Waals surface area contributed by atoms with Gasteiger partial charge in [-0.3, -0.25) is 9.59 Å². The van der Waals surface area contributed by atoms with E-state index >= 15 is 0 Å². The van der Waals surface area contributed by atoms with Crippen LogP contribution in [-0.2, 0) is 14.3 Å². The highest BCUT2D eigenvalue weighted by atomic mass is 16.5. The first-order valence-electron chi connectivity index (χ1n) is 10.5. The summed E-state index contributed by atoms with van der Waals surface area (Å²) in [6.45, 7) is 11.8. The van der Waals surface area contributed by atoms with Crippen molar-refractivity contribution >= 4 is 11.7 Å². The Hall–Kier alpha value is -1.62. The standard InChI is InChI=1S/C22H36N2O3/c1-5-21-16(2)15-17(3)24(21)14-13-23-22(26)12-10-19(25)9-11-20-8-6-7-18(4)27-20/h5,16,18,20H,3,6-15H2,1-2,4H3,(H,23,26)/b21-5-. The van der Waals surface area contributed by atoms with Gasteiger partial charge in [-0.15, -0.1) is 0 Å². The Morgan fingerprint density at radius 1 is 1.26 bits per heavy atom. The third-order valence-electron chi connectivity index (χ3n) is 5.63. The molecule has 2 rings (SSSR count). The third-order valence-corrected chi connectivity index (χ3v) is 5.63. The zero-order chi connectivity index (χ0) is 19.8. The molecule has 2 aliphatic heterocycles. The van der Waals surface area contributed by atoms with Crippen LogP contribution in [0.1, 0.15) is 72.1 Å². The maximum absolute atomic E-state index is 12.1. The van der Waals surface area contributed by atoms with Gasteiger partial charge in [0, 0.05) is 49.7 Å². The lowest BCUT2D eigenvalue weighted by Crippen LogP contribution is -2.32. The molecule has 2 heterocycles. The quantitative estimate of drug-likeness (QED) is 0.662. The van der Waals surface area contributed by atoms with Crippen molar-refractivity contribution in [1.82, 2.24) is 10.2 Å². The van der Waals surface area contributed by atoms with Crippen LogP contribution in [-0.4, -0.2) is 41.9 Å². The minimum absolute atomic E-state index is 0.0502. The number of ether oxygens (including phenoxy) is 1. The summed E-state index contributed by atoms with van der Waals surface area (Å²) in [5, 5.41) is 2.93. The summed E-state index contributed by atoms with van der Waals surface area (Å²) in [6, 6.07) is 0. The van der Waals surface area contributed by atoms with Crippen LogP contribution in [0.2, 0.25) is 0 Å². The Kier molecular flexibility index (Phi) is 8.55. The van der Waals surface area contributed by atoms with Gasteiger partial charge in [0.15, 0.2) is 0 Å². The molecule has 3 unspecified atom stereocenters. The SMILES string of the molecule is C=C1CC(C)/C(=C/C)N1CCNC(=O)CCC(=O)CCC1CCCC(C)O1. The molecular weight excluding hydrogens is 340 g/mol. The molecule has 2 fully saturated rings. The number of ketones is 1. The molecule has 0 saturated carbocycles. The van der Waals surface area contributed by atoms with Crippen LogP contribution >= 0.6 is 0 Å². The van der Waals surface area contributed by atoms with Crippen molar-refractivity contribution < 1.29 is 14.3 Å². The largest absolute Gasteiger partial charge is 0.375 e. The molecule has 0 aromatic carbocycles. The average molecular weight is 377 g/mol. The molecule has 1 N–H and O–H groups in total. The molecule has 2 saturated heterocycles. The molecule has 27 heavy (non-hydrogen) atoms. The van der Waals surface area contributed by atoms with Gasteiger partial charge in [-0.25, -0.2) is 0 Å². The van der Waals surface area contributed by atoms with Gasteiger partial charge in [0.2, 0.25) is 5.91 Å². The van der Waals surface area contributed by atoms with Crippen LogP contribution in [0.25, 0.3) is 0 Å². The molecule has 3 atom stereocenters. The first-order valence-corrected chi connectivity index (χ1v) is 10.5. The lowest BCUT2D eigenvalue weighted by Gasteiger charge is -2.27. The van der Waals surface area contributed by atoms with Gasteiger partial charge in [-0.05, 0) is 46.0 Å². The van der Waals surface area contributed by atoms with Crippen LogP contribution in [0.5, 0.6) is 0 Å². The summed E-state index contributed by atoms with van der Waals surface area (Å²) in [5.74, 6) is 0.600.